The lowest BCUT2D eigenvalue weighted by molar-refractivity contribution is -0.142. The van der Waals surface area contributed by atoms with Crippen molar-refractivity contribution in [1.82, 2.24) is 4.90 Å². The van der Waals surface area contributed by atoms with Crippen LogP contribution in [0.1, 0.15) is 45.0 Å². The summed E-state index contributed by atoms with van der Waals surface area (Å²) in [4.78, 5) is 39.0. The summed E-state index contributed by atoms with van der Waals surface area (Å²) < 4.78 is 11.4. The lowest BCUT2D eigenvalue weighted by Crippen LogP contribution is -2.59. The Balaban J connectivity index is 2.34. The highest BCUT2D eigenvalue weighted by atomic mass is 28.4. The maximum Gasteiger partial charge on any atom is 0.332 e. The SMILES string of the molecule is CCOC(=O)/C=C1\[C@@H]([C@@H](C)O[Si](C)(C)C(C)(C)C)C(=O)N1C(=O)c1ccccc1. The maximum absolute atomic E-state index is 13.0. The molecule has 0 N–H and O–H groups in total. The van der Waals surface area contributed by atoms with Gasteiger partial charge in [0, 0.05) is 11.6 Å². The van der Waals surface area contributed by atoms with E-state index in [1.807, 2.05) is 6.92 Å². The van der Waals surface area contributed by atoms with Crippen LogP contribution in [-0.4, -0.2) is 43.7 Å². The molecular weight excluding hydrogens is 386 g/mol. The number of carbonyl (C=O) groups is 3. The van der Waals surface area contributed by atoms with Gasteiger partial charge in [0.05, 0.1) is 18.4 Å². The largest absolute Gasteiger partial charge is 0.463 e. The van der Waals surface area contributed by atoms with E-state index < -0.39 is 32.2 Å². The zero-order valence-corrected chi connectivity index (χ0v) is 19.3. The standard InChI is InChI=1S/C22H31NO5Si/c1-8-27-18(24)14-17-19(15(2)28-29(6,7)22(3,4)5)21(26)23(17)20(25)16-12-10-9-11-13-16/h9-15,19H,8H2,1-7H3/b17-14+/t15-,19-/m1/s1. The van der Waals surface area contributed by atoms with E-state index in [1.54, 1.807) is 37.3 Å². The Morgan fingerprint density at radius 2 is 1.79 bits per heavy atom. The lowest BCUT2D eigenvalue weighted by atomic mass is 9.87. The van der Waals surface area contributed by atoms with Gasteiger partial charge in [-0.1, -0.05) is 39.0 Å². The van der Waals surface area contributed by atoms with Crippen LogP contribution in [-0.2, 0) is 18.8 Å². The second-order valence-corrected chi connectivity index (χ2v) is 13.5. The van der Waals surface area contributed by atoms with Gasteiger partial charge in [-0.25, -0.2) is 9.69 Å². The van der Waals surface area contributed by atoms with Crippen LogP contribution in [0.25, 0.3) is 0 Å². The molecule has 29 heavy (non-hydrogen) atoms. The minimum atomic E-state index is -2.14. The molecular formula is C22H31NO5Si. The summed E-state index contributed by atoms with van der Waals surface area (Å²) >= 11 is 0. The van der Waals surface area contributed by atoms with Crippen molar-refractivity contribution in [3.05, 3.63) is 47.7 Å². The summed E-state index contributed by atoms with van der Waals surface area (Å²) in [6.45, 7) is 14.3. The summed E-state index contributed by atoms with van der Waals surface area (Å²) in [5, 5.41) is -0.0291. The number of β-lactam (4-membered cyclic amide) rings is 1. The number of hydrogen-bond donors (Lipinski definition) is 0. The first kappa shape index (κ1) is 23.0. The van der Waals surface area contributed by atoms with Crippen molar-refractivity contribution in [2.75, 3.05) is 6.61 Å². The van der Waals surface area contributed by atoms with Crippen LogP contribution in [0.4, 0.5) is 0 Å². The van der Waals surface area contributed by atoms with E-state index in [1.165, 1.54) is 6.08 Å². The quantitative estimate of drug-likeness (QED) is 0.229. The molecule has 0 saturated carbocycles. The van der Waals surface area contributed by atoms with Crippen molar-refractivity contribution in [3.63, 3.8) is 0 Å². The monoisotopic (exact) mass is 417 g/mol. The fourth-order valence-corrected chi connectivity index (χ4v) is 4.42. The van der Waals surface area contributed by atoms with E-state index in [0.29, 0.717) is 11.3 Å². The van der Waals surface area contributed by atoms with Gasteiger partial charge in [0.2, 0.25) is 5.91 Å². The van der Waals surface area contributed by atoms with Crippen molar-refractivity contribution in [1.29, 1.82) is 0 Å². The summed E-state index contributed by atoms with van der Waals surface area (Å²) in [5.74, 6) is -2.07. The Hall–Kier alpha value is -2.25. The third-order valence-electron chi connectivity index (χ3n) is 5.60. The Kier molecular flexibility index (Phi) is 6.85. The molecule has 1 aliphatic rings. The van der Waals surface area contributed by atoms with E-state index in [9.17, 15) is 14.4 Å². The first-order valence-electron chi connectivity index (χ1n) is 9.90. The minimum absolute atomic E-state index is 0.0291. The number of rotatable bonds is 6. The molecule has 1 aromatic carbocycles. The molecule has 2 amide bonds. The lowest BCUT2D eigenvalue weighted by Gasteiger charge is -2.46. The first-order valence-corrected chi connectivity index (χ1v) is 12.8. The summed E-state index contributed by atoms with van der Waals surface area (Å²) in [7, 11) is -2.14. The van der Waals surface area contributed by atoms with Crippen LogP contribution in [0, 0.1) is 5.92 Å². The van der Waals surface area contributed by atoms with Crippen molar-refractivity contribution >= 4 is 26.1 Å². The van der Waals surface area contributed by atoms with E-state index in [-0.39, 0.29) is 17.6 Å². The third kappa shape index (κ3) is 4.84. The molecule has 2 atom stereocenters. The van der Waals surface area contributed by atoms with Crippen LogP contribution in [0.15, 0.2) is 42.1 Å². The Bertz CT molecular complexity index is 810. The van der Waals surface area contributed by atoms with Gasteiger partial charge < -0.3 is 9.16 Å². The van der Waals surface area contributed by atoms with Gasteiger partial charge in [-0.2, -0.15) is 0 Å². The molecule has 0 aliphatic carbocycles. The number of likely N-dealkylation sites (tertiary alicyclic amines) is 1. The zero-order chi connectivity index (χ0) is 22.0. The Labute approximate surface area is 174 Å². The molecule has 1 heterocycles. The zero-order valence-electron chi connectivity index (χ0n) is 18.3. The molecule has 158 valence electrons. The van der Waals surface area contributed by atoms with Gasteiger partial charge in [0.25, 0.3) is 5.91 Å². The second-order valence-electron chi connectivity index (χ2n) is 8.73. The topological polar surface area (TPSA) is 72.9 Å². The molecule has 6 nitrogen and oxygen atoms in total. The fourth-order valence-electron chi connectivity index (χ4n) is 3.00. The average molecular weight is 418 g/mol. The van der Waals surface area contributed by atoms with E-state index in [2.05, 4.69) is 33.9 Å². The number of amides is 2. The Morgan fingerprint density at radius 3 is 2.31 bits per heavy atom. The number of benzene rings is 1. The van der Waals surface area contributed by atoms with Crippen molar-refractivity contribution < 1.29 is 23.5 Å². The Morgan fingerprint density at radius 1 is 1.21 bits per heavy atom. The van der Waals surface area contributed by atoms with Crippen molar-refractivity contribution in [3.8, 4) is 0 Å². The number of nitrogens with zero attached hydrogens (tertiary/aromatic N) is 1. The van der Waals surface area contributed by atoms with Crippen LogP contribution >= 0.6 is 0 Å². The van der Waals surface area contributed by atoms with Gasteiger partial charge in [-0.3, -0.25) is 9.59 Å². The predicted molar refractivity (Wildman–Crippen MR) is 114 cm³/mol. The van der Waals surface area contributed by atoms with E-state index in [0.717, 1.165) is 4.90 Å². The van der Waals surface area contributed by atoms with Crippen LogP contribution in [0.5, 0.6) is 0 Å². The fraction of sp³-hybridized carbons (Fsp3) is 0.500. The van der Waals surface area contributed by atoms with E-state index in [4.69, 9.17) is 9.16 Å². The average Bonchev–Trinajstić information content (AvgIpc) is 2.60. The van der Waals surface area contributed by atoms with Crippen molar-refractivity contribution in [2.45, 2.75) is 58.9 Å². The molecule has 1 fully saturated rings. The maximum atomic E-state index is 13.0. The van der Waals surface area contributed by atoms with Gasteiger partial charge >= 0.3 is 5.97 Å². The molecule has 2 rings (SSSR count). The molecule has 0 bridgehead atoms. The molecule has 7 heteroatoms. The van der Waals surface area contributed by atoms with Gasteiger partial charge in [-0.05, 0) is 44.1 Å². The molecule has 1 aliphatic heterocycles. The number of esters is 1. The molecule has 1 aromatic rings. The van der Waals surface area contributed by atoms with Gasteiger partial charge in [-0.15, -0.1) is 0 Å². The third-order valence-corrected chi connectivity index (χ3v) is 10.2. The minimum Gasteiger partial charge on any atom is -0.463 e. The molecule has 0 aromatic heterocycles. The number of imide groups is 1. The van der Waals surface area contributed by atoms with Crippen LogP contribution < -0.4 is 0 Å². The second kappa shape index (κ2) is 8.63. The first-order chi connectivity index (χ1) is 13.4. The van der Waals surface area contributed by atoms with Crippen LogP contribution in [0.2, 0.25) is 18.1 Å². The molecule has 1 saturated heterocycles. The smallest absolute Gasteiger partial charge is 0.332 e. The summed E-state index contributed by atoms with van der Waals surface area (Å²) in [6.07, 6.45) is 0.783. The molecule has 0 unspecified atom stereocenters. The highest BCUT2D eigenvalue weighted by Gasteiger charge is 2.52. The number of hydrogen-bond acceptors (Lipinski definition) is 5. The summed E-state index contributed by atoms with van der Waals surface area (Å²) in [5.41, 5.74) is 0.709. The highest BCUT2D eigenvalue weighted by molar-refractivity contribution is 6.74. The summed E-state index contributed by atoms with van der Waals surface area (Å²) in [6, 6.07) is 8.53. The molecule has 0 radical (unpaired) electrons. The van der Waals surface area contributed by atoms with Gasteiger partial charge in [0.1, 0.15) is 5.92 Å². The number of ether oxygens (including phenoxy) is 1. The highest BCUT2D eigenvalue weighted by Crippen LogP contribution is 2.42. The number of carbonyl (C=O) groups excluding carboxylic acids is 3. The predicted octanol–water partition coefficient (Wildman–Crippen LogP) is 4.14. The van der Waals surface area contributed by atoms with Gasteiger partial charge in [0.15, 0.2) is 8.32 Å². The molecule has 0 spiro atoms. The van der Waals surface area contributed by atoms with Crippen molar-refractivity contribution in [2.24, 2.45) is 5.92 Å². The van der Waals surface area contributed by atoms with E-state index >= 15 is 0 Å². The normalized spacial score (nSPS) is 19.7. The van der Waals surface area contributed by atoms with Crippen LogP contribution in [0.3, 0.4) is 0 Å².